The van der Waals surface area contributed by atoms with Gasteiger partial charge in [0.1, 0.15) is 5.75 Å². The van der Waals surface area contributed by atoms with E-state index in [1.54, 1.807) is 6.21 Å². The molecule has 0 unspecified atom stereocenters. The minimum Gasteiger partial charge on any atom is -0.508 e. The quantitative estimate of drug-likeness (QED) is 0.569. The van der Waals surface area contributed by atoms with Gasteiger partial charge in [-0.2, -0.15) is 10.2 Å². The van der Waals surface area contributed by atoms with E-state index in [2.05, 4.69) is 15.6 Å². The van der Waals surface area contributed by atoms with Gasteiger partial charge >= 0.3 is 0 Å². The van der Waals surface area contributed by atoms with Crippen LogP contribution in [0.3, 0.4) is 0 Å². The van der Waals surface area contributed by atoms with E-state index in [0.717, 1.165) is 22.6 Å². The highest BCUT2D eigenvalue weighted by Gasteiger charge is 2.11. The summed E-state index contributed by atoms with van der Waals surface area (Å²) in [6.45, 7) is 3.85. The number of phenols is 1. The molecule has 2 N–H and O–H groups in total. The molecule has 2 aromatic carbocycles. The third-order valence-corrected chi connectivity index (χ3v) is 3.84. The Labute approximate surface area is 145 Å². The number of hydrazone groups is 1. The number of aryl methyl sites for hydroxylation is 1. The maximum atomic E-state index is 12.0. The van der Waals surface area contributed by atoms with Gasteiger partial charge in [0.2, 0.25) is 0 Å². The molecule has 0 bridgehead atoms. The molecule has 0 aliphatic heterocycles. The van der Waals surface area contributed by atoms with Crippen molar-refractivity contribution in [3.8, 4) is 11.4 Å². The molecule has 0 fully saturated rings. The average molecular weight is 334 g/mol. The summed E-state index contributed by atoms with van der Waals surface area (Å²) in [6.07, 6.45) is 1.59. The Balaban J connectivity index is 1.77. The molecule has 25 heavy (non-hydrogen) atoms. The minimum atomic E-state index is -0.345. The van der Waals surface area contributed by atoms with Gasteiger partial charge in [-0.25, -0.2) is 10.1 Å². The highest BCUT2D eigenvalue weighted by atomic mass is 16.3. The lowest BCUT2D eigenvalue weighted by Gasteiger charge is -2.03. The highest BCUT2D eigenvalue weighted by molar-refractivity contribution is 5.95. The number of phenolic OH excluding ortho intramolecular Hbond substituents is 1. The first-order chi connectivity index (χ1) is 12.1. The molecule has 126 valence electrons. The number of amides is 1. The number of hydrogen-bond acceptors (Lipinski definition) is 4. The van der Waals surface area contributed by atoms with Gasteiger partial charge in [-0.3, -0.25) is 4.79 Å². The minimum absolute atomic E-state index is 0.111. The maximum Gasteiger partial charge on any atom is 0.271 e. The van der Waals surface area contributed by atoms with Crippen LogP contribution < -0.4 is 5.43 Å². The highest BCUT2D eigenvalue weighted by Crippen LogP contribution is 2.16. The van der Waals surface area contributed by atoms with Crippen LogP contribution in [0.25, 0.3) is 5.69 Å². The topological polar surface area (TPSA) is 79.5 Å². The van der Waals surface area contributed by atoms with Crippen molar-refractivity contribution in [2.45, 2.75) is 13.8 Å². The maximum absolute atomic E-state index is 12.0. The molecule has 0 radical (unpaired) electrons. The molecule has 6 nitrogen and oxygen atoms in total. The third-order valence-electron chi connectivity index (χ3n) is 3.84. The number of carbonyl (C=O) groups excluding carboxylic acids is 1. The first-order valence-corrected chi connectivity index (χ1v) is 7.80. The van der Waals surface area contributed by atoms with E-state index < -0.39 is 0 Å². The summed E-state index contributed by atoms with van der Waals surface area (Å²) in [6, 6.07) is 15.8. The number of aromatic nitrogens is 2. The summed E-state index contributed by atoms with van der Waals surface area (Å²) in [5, 5.41) is 17.8. The van der Waals surface area contributed by atoms with Crippen molar-refractivity contribution in [2.24, 2.45) is 5.10 Å². The number of nitrogens with one attached hydrogen (secondary N) is 1. The summed E-state index contributed by atoms with van der Waals surface area (Å²) in [5.74, 6) is -0.235. The molecule has 0 saturated heterocycles. The van der Waals surface area contributed by atoms with Crippen LogP contribution in [0, 0.1) is 13.8 Å². The van der Waals surface area contributed by atoms with Crippen molar-refractivity contribution in [3.05, 3.63) is 77.1 Å². The fourth-order valence-electron chi connectivity index (χ4n) is 2.49. The van der Waals surface area contributed by atoms with Crippen molar-refractivity contribution in [3.63, 3.8) is 0 Å². The molecule has 1 aromatic heterocycles. The Bertz CT molecular complexity index is 913. The van der Waals surface area contributed by atoms with Crippen LogP contribution in [-0.4, -0.2) is 27.0 Å². The zero-order chi connectivity index (χ0) is 17.8. The van der Waals surface area contributed by atoms with E-state index >= 15 is 0 Å². The molecule has 0 saturated carbocycles. The normalized spacial score (nSPS) is 11.0. The zero-order valence-electron chi connectivity index (χ0n) is 14.0. The molecular weight excluding hydrogens is 316 g/mol. The van der Waals surface area contributed by atoms with E-state index in [4.69, 9.17) is 0 Å². The van der Waals surface area contributed by atoms with Crippen molar-refractivity contribution in [2.75, 3.05) is 0 Å². The lowest BCUT2D eigenvalue weighted by atomic mass is 10.2. The van der Waals surface area contributed by atoms with Crippen LogP contribution in [0.1, 0.15) is 27.3 Å². The number of rotatable bonds is 4. The monoisotopic (exact) mass is 334 g/mol. The first-order valence-electron chi connectivity index (χ1n) is 7.80. The van der Waals surface area contributed by atoms with Gasteiger partial charge in [0, 0.05) is 11.1 Å². The fourth-order valence-corrected chi connectivity index (χ4v) is 2.49. The predicted octanol–water partition coefficient (Wildman–Crippen LogP) is 2.96. The zero-order valence-corrected chi connectivity index (χ0v) is 14.0. The van der Waals surface area contributed by atoms with Gasteiger partial charge in [0.05, 0.1) is 23.3 Å². The van der Waals surface area contributed by atoms with Gasteiger partial charge in [-0.1, -0.05) is 18.2 Å². The predicted molar refractivity (Wildman–Crippen MR) is 96.2 cm³/mol. The summed E-state index contributed by atoms with van der Waals surface area (Å²) in [7, 11) is 0. The van der Waals surface area contributed by atoms with E-state index in [-0.39, 0.29) is 11.7 Å². The second-order valence-electron chi connectivity index (χ2n) is 5.58. The number of hydrogen-bond donors (Lipinski definition) is 2. The van der Waals surface area contributed by atoms with Gasteiger partial charge in [-0.15, -0.1) is 0 Å². The largest absolute Gasteiger partial charge is 0.508 e. The Kier molecular flexibility index (Phi) is 4.61. The number of benzene rings is 2. The van der Waals surface area contributed by atoms with Crippen LogP contribution in [0.4, 0.5) is 0 Å². The van der Waals surface area contributed by atoms with Crippen molar-refractivity contribution < 1.29 is 9.90 Å². The number of aromatic hydroxyl groups is 1. The molecule has 1 heterocycles. The van der Waals surface area contributed by atoms with E-state index in [1.165, 1.54) is 24.3 Å². The summed E-state index contributed by atoms with van der Waals surface area (Å²) < 4.78 is 1.85. The number of carbonyl (C=O) groups is 1. The molecule has 3 aromatic rings. The number of nitrogens with zero attached hydrogens (tertiary/aromatic N) is 3. The molecule has 0 atom stereocenters. The smallest absolute Gasteiger partial charge is 0.271 e. The van der Waals surface area contributed by atoms with Crippen LogP contribution in [0.2, 0.25) is 0 Å². The van der Waals surface area contributed by atoms with E-state index in [1.807, 2.05) is 48.9 Å². The van der Waals surface area contributed by atoms with E-state index in [0.29, 0.717) is 5.56 Å². The SMILES string of the molecule is Cc1nn(-c2ccccc2)c(C)c1/C=N\NC(=O)c1ccc(O)cc1. The molecule has 0 aliphatic rings. The second-order valence-corrected chi connectivity index (χ2v) is 5.58. The molecule has 3 rings (SSSR count). The van der Waals surface area contributed by atoms with Crippen molar-refractivity contribution in [1.82, 2.24) is 15.2 Å². The average Bonchev–Trinajstić information content (AvgIpc) is 2.91. The van der Waals surface area contributed by atoms with Crippen LogP contribution in [0.5, 0.6) is 5.75 Å². The Morgan fingerprint density at radius 3 is 2.48 bits per heavy atom. The molecule has 0 aliphatic carbocycles. The summed E-state index contributed by atoms with van der Waals surface area (Å²) in [5.41, 5.74) is 6.49. The van der Waals surface area contributed by atoms with Crippen LogP contribution in [-0.2, 0) is 0 Å². The molecule has 6 heteroatoms. The standard InChI is InChI=1S/C19H18N4O2/c1-13-18(14(2)23(22-13)16-6-4-3-5-7-16)12-20-21-19(25)15-8-10-17(24)11-9-15/h3-12,24H,1-2H3,(H,21,25)/b20-12-. The van der Waals surface area contributed by atoms with Crippen LogP contribution >= 0.6 is 0 Å². The lowest BCUT2D eigenvalue weighted by Crippen LogP contribution is -2.17. The van der Waals surface area contributed by atoms with Gasteiger partial charge in [0.25, 0.3) is 5.91 Å². The Morgan fingerprint density at radius 2 is 1.80 bits per heavy atom. The van der Waals surface area contributed by atoms with Gasteiger partial charge in [0.15, 0.2) is 0 Å². The molecule has 1 amide bonds. The Hall–Kier alpha value is -3.41. The number of para-hydroxylation sites is 1. The van der Waals surface area contributed by atoms with Gasteiger partial charge in [-0.05, 0) is 50.2 Å². The summed E-state index contributed by atoms with van der Waals surface area (Å²) >= 11 is 0. The van der Waals surface area contributed by atoms with Crippen molar-refractivity contribution >= 4 is 12.1 Å². The fraction of sp³-hybridized carbons (Fsp3) is 0.105. The Morgan fingerprint density at radius 1 is 1.12 bits per heavy atom. The first kappa shape index (κ1) is 16.4. The molecular formula is C19H18N4O2. The van der Waals surface area contributed by atoms with E-state index in [9.17, 15) is 9.90 Å². The lowest BCUT2D eigenvalue weighted by molar-refractivity contribution is 0.0955. The van der Waals surface area contributed by atoms with Crippen molar-refractivity contribution in [1.29, 1.82) is 0 Å². The summed E-state index contributed by atoms with van der Waals surface area (Å²) in [4.78, 5) is 12.0. The third kappa shape index (κ3) is 3.58. The van der Waals surface area contributed by atoms with Crippen LogP contribution in [0.15, 0.2) is 59.7 Å². The second kappa shape index (κ2) is 7.00. The molecule has 0 spiro atoms. The van der Waals surface area contributed by atoms with Gasteiger partial charge < -0.3 is 5.11 Å².